The number of halogens is 1. The van der Waals surface area contributed by atoms with Gasteiger partial charge in [0, 0.05) is 17.2 Å². The van der Waals surface area contributed by atoms with E-state index in [0.717, 1.165) is 22.4 Å². The molecular formula is C20H26FN2O+. The fraction of sp³-hybridized carbons (Fsp3) is 0.350. The van der Waals surface area contributed by atoms with E-state index in [1.807, 2.05) is 37.4 Å². The molecule has 0 aromatic heterocycles. The molecular weight excluding hydrogens is 303 g/mol. The summed E-state index contributed by atoms with van der Waals surface area (Å²) in [5.74, 6) is 0.0642. The van der Waals surface area contributed by atoms with Gasteiger partial charge in [0.2, 0.25) is 0 Å². The molecule has 0 aliphatic carbocycles. The first-order valence-electron chi connectivity index (χ1n) is 8.32. The second-order valence-corrected chi connectivity index (χ2v) is 6.63. The highest BCUT2D eigenvalue weighted by Gasteiger charge is 2.20. The van der Waals surface area contributed by atoms with Gasteiger partial charge in [0.1, 0.15) is 11.9 Å². The third-order valence-corrected chi connectivity index (χ3v) is 4.20. The number of hydrogen-bond acceptors (Lipinski definition) is 1. The molecule has 128 valence electrons. The van der Waals surface area contributed by atoms with Crippen LogP contribution in [0, 0.1) is 25.6 Å². The van der Waals surface area contributed by atoms with E-state index in [9.17, 15) is 9.18 Å². The monoisotopic (exact) mass is 329 g/mol. The van der Waals surface area contributed by atoms with Gasteiger partial charge < -0.3 is 10.6 Å². The molecule has 1 atom stereocenters. The molecule has 0 aliphatic heterocycles. The highest BCUT2D eigenvalue weighted by atomic mass is 19.1. The van der Waals surface area contributed by atoms with E-state index in [-0.39, 0.29) is 17.8 Å². The molecule has 2 aromatic rings. The summed E-state index contributed by atoms with van der Waals surface area (Å²) in [6, 6.07) is 12.6. The number of carbonyl (C=O) groups is 1. The maximum absolute atomic E-state index is 13.1. The summed E-state index contributed by atoms with van der Waals surface area (Å²) in [7, 11) is 0. The van der Waals surface area contributed by atoms with E-state index in [2.05, 4.69) is 19.2 Å². The quantitative estimate of drug-likeness (QED) is 0.839. The molecule has 0 bridgehead atoms. The Morgan fingerprint density at radius 2 is 1.79 bits per heavy atom. The van der Waals surface area contributed by atoms with Gasteiger partial charge in [-0.25, -0.2) is 4.39 Å². The average molecular weight is 329 g/mol. The predicted octanol–water partition coefficient (Wildman–Crippen LogP) is 3.34. The maximum atomic E-state index is 13.1. The summed E-state index contributed by atoms with van der Waals surface area (Å²) in [5.41, 5.74) is 4.06. The molecule has 24 heavy (non-hydrogen) atoms. The first-order valence-corrected chi connectivity index (χ1v) is 8.32. The van der Waals surface area contributed by atoms with Gasteiger partial charge in [-0.1, -0.05) is 38.1 Å². The van der Waals surface area contributed by atoms with Gasteiger partial charge in [-0.3, -0.25) is 4.79 Å². The molecule has 0 aliphatic rings. The van der Waals surface area contributed by atoms with E-state index in [1.54, 1.807) is 12.1 Å². The molecule has 2 rings (SSSR count). The summed E-state index contributed by atoms with van der Waals surface area (Å²) in [5, 5.41) is 4.99. The van der Waals surface area contributed by atoms with Crippen LogP contribution >= 0.6 is 0 Å². The lowest BCUT2D eigenvalue weighted by Gasteiger charge is -2.19. The molecule has 0 spiro atoms. The van der Waals surface area contributed by atoms with E-state index in [1.165, 1.54) is 12.1 Å². The standard InChI is InChI=1S/C20H25FN2O/c1-13(2)20(16-7-9-17(21)10-8-16)22-12-19(24)23-18-11-14(3)5-6-15(18)4/h5-11,13,20,22H,12H2,1-4H3,(H,23,24)/p+1/t20-/m0/s1. The summed E-state index contributed by atoms with van der Waals surface area (Å²) in [6.07, 6.45) is 0. The molecule has 1 amide bonds. The van der Waals surface area contributed by atoms with Crippen molar-refractivity contribution in [3.8, 4) is 0 Å². The molecule has 0 unspecified atom stereocenters. The molecule has 0 heterocycles. The van der Waals surface area contributed by atoms with Crippen molar-refractivity contribution >= 4 is 11.6 Å². The highest BCUT2D eigenvalue weighted by Crippen LogP contribution is 2.18. The normalized spacial score (nSPS) is 12.2. The number of anilines is 1. The van der Waals surface area contributed by atoms with Crippen molar-refractivity contribution in [2.45, 2.75) is 33.7 Å². The lowest BCUT2D eigenvalue weighted by atomic mass is 9.96. The topological polar surface area (TPSA) is 45.7 Å². The van der Waals surface area contributed by atoms with Crippen LogP contribution in [0.25, 0.3) is 0 Å². The molecule has 4 heteroatoms. The van der Waals surface area contributed by atoms with Crippen molar-refractivity contribution in [2.75, 3.05) is 11.9 Å². The first kappa shape index (κ1) is 18.1. The zero-order chi connectivity index (χ0) is 17.7. The molecule has 0 saturated carbocycles. The minimum atomic E-state index is -0.242. The van der Waals surface area contributed by atoms with Crippen LogP contribution in [0.3, 0.4) is 0 Å². The second-order valence-electron chi connectivity index (χ2n) is 6.63. The van der Waals surface area contributed by atoms with Gasteiger partial charge in [0.15, 0.2) is 6.54 Å². The van der Waals surface area contributed by atoms with E-state index in [4.69, 9.17) is 0 Å². The Morgan fingerprint density at radius 3 is 2.42 bits per heavy atom. The van der Waals surface area contributed by atoms with Crippen LogP contribution in [-0.2, 0) is 4.79 Å². The largest absolute Gasteiger partial charge is 0.332 e. The van der Waals surface area contributed by atoms with Crippen LogP contribution in [0.2, 0.25) is 0 Å². The van der Waals surface area contributed by atoms with Crippen LogP contribution in [0.4, 0.5) is 10.1 Å². The smallest absolute Gasteiger partial charge is 0.279 e. The third-order valence-electron chi connectivity index (χ3n) is 4.20. The van der Waals surface area contributed by atoms with Gasteiger partial charge in [-0.2, -0.15) is 0 Å². The number of aryl methyl sites for hydroxylation is 2. The molecule has 3 nitrogen and oxygen atoms in total. The van der Waals surface area contributed by atoms with Crippen molar-refractivity contribution < 1.29 is 14.5 Å². The van der Waals surface area contributed by atoms with Crippen molar-refractivity contribution in [1.82, 2.24) is 0 Å². The molecule has 0 fully saturated rings. The molecule has 2 aromatic carbocycles. The summed E-state index contributed by atoms with van der Waals surface area (Å²) >= 11 is 0. The van der Waals surface area contributed by atoms with E-state index < -0.39 is 0 Å². The number of quaternary nitrogens is 1. The fourth-order valence-electron chi connectivity index (χ4n) is 2.78. The van der Waals surface area contributed by atoms with Gasteiger partial charge in [0.25, 0.3) is 5.91 Å². The number of rotatable bonds is 6. The third kappa shape index (κ3) is 4.90. The Hall–Kier alpha value is -2.20. The van der Waals surface area contributed by atoms with Gasteiger partial charge in [-0.15, -0.1) is 0 Å². The Labute approximate surface area is 143 Å². The number of nitrogens with one attached hydrogen (secondary N) is 1. The predicted molar refractivity (Wildman–Crippen MR) is 95.3 cm³/mol. The average Bonchev–Trinajstić information content (AvgIpc) is 2.52. The first-order chi connectivity index (χ1) is 11.4. The molecule has 0 radical (unpaired) electrons. The van der Waals surface area contributed by atoms with Gasteiger partial charge >= 0.3 is 0 Å². The maximum Gasteiger partial charge on any atom is 0.279 e. The Morgan fingerprint density at radius 1 is 1.12 bits per heavy atom. The Balaban J connectivity index is 2.00. The zero-order valence-corrected chi connectivity index (χ0v) is 14.8. The van der Waals surface area contributed by atoms with Gasteiger partial charge in [-0.05, 0) is 43.2 Å². The Kier molecular flexibility index (Phi) is 6.10. The van der Waals surface area contributed by atoms with Crippen LogP contribution in [-0.4, -0.2) is 12.5 Å². The zero-order valence-electron chi connectivity index (χ0n) is 14.8. The van der Waals surface area contributed by atoms with Crippen LogP contribution in [0.15, 0.2) is 42.5 Å². The van der Waals surface area contributed by atoms with Crippen molar-refractivity contribution in [2.24, 2.45) is 5.92 Å². The minimum absolute atomic E-state index is 0.0311. The van der Waals surface area contributed by atoms with Crippen LogP contribution in [0.5, 0.6) is 0 Å². The summed E-state index contributed by atoms with van der Waals surface area (Å²) in [4.78, 5) is 12.3. The number of hydrogen-bond donors (Lipinski definition) is 2. The number of nitrogens with two attached hydrogens (primary N) is 1. The van der Waals surface area contributed by atoms with Crippen LogP contribution in [0.1, 0.15) is 36.6 Å². The van der Waals surface area contributed by atoms with E-state index >= 15 is 0 Å². The number of carbonyl (C=O) groups excluding carboxylic acids is 1. The summed E-state index contributed by atoms with van der Waals surface area (Å²) in [6.45, 7) is 8.52. The SMILES string of the molecule is Cc1ccc(C)c(NC(=O)C[NH2+][C@H](c2ccc(F)cc2)C(C)C)c1. The van der Waals surface area contributed by atoms with Gasteiger partial charge in [0.05, 0.1) is 0 Å². The molecule has 3 N–H and O–H groups in total. The summed E-state index contributed by atoms with van der Waals surface area (Å²) < 4.78 is 13.1. The number of benzene rings is 2. The highest BCUT2D eigenvalue weighted by molar-refractivity contribution is 5.92. The lowest BCUT2D eigenvalue weighted by Crippen LogP contribution is -2.88. The minimum Gasteiger partial charge on any atom is -0.332 e. The molecule has 0 saturated heterocycles. The van der Waals surface area contributed by atoms with E-state index in [0.29, 0.717) is 12.5 Å². The lowest BCUT2D eigenvalue weighted by molar-refractivity contribution is -0.692. The fourth-order valence-corrected chi connectivity index (χ4v) is 2.78. The number of amides is 1. The van der Waals surface area contributed by atoms with Crippen molar-refractivity contribution in [1.29, 1.82) is 0 Å². The Bertz CT molecular complexity index is 695. The second kappa shape index (κ2) is 8.06. The van der Waals surface area contributed by atoms with Crippen molar-refractivity contribution in [3.05, 3.63) is 65.0 Å². The van der Waals surface area contributed by atoms with Crippen LogP contribution < -0.4 is 10.6 Å². The van der Waals surface area contributed by atoms with Crippen molar-refractivity contribution in [3.63, 3.8) is 0 Å².